The molecule has 1 N–H and O–H groups in total. The van der Waals surface area contributed by atoms with E-state index in [1.54, 1.807) is 0 Å². The van der Waals surface area contributed by atoms with E-state index >= 15 is 0 Å². The maximum absolute atomic E-state index is 12.9. The zero-order chi connectivity index (χ0) is 19.4. The SMILES string of the molecule is Cc1ccccc1C(NS(=O)(=O)c1ccc([N+](=O)[O-])cc1)c1ccccc1. The van der Waals surface area contributed by atoms with E-state index in [2.05, 4.69) is 4.72 Å². The highest BCUT2D eigenvalue weighted by atomic mass is 32.2. The minimum atomic E-state index is -3.89. The summed E-state index contributed by atoms with van der Waals surface area (Å²) in [6.45, 7) is 1.92. The van der Waals surface area contributed by atoms with Crippen LogP contribution in [0.2, 0.25) is 0 Å². The number of sulfonamides is 1. The molecule has 0 bridgehead atoms. The van der Waals surface area contributed by atoms with Crippen LogP contribution >= 0.6 is 0 Å². The summed E-state index contributed by atoms with van der Waals surface area (Å²) in [4.78, 5) is 10.2. The van der Waals surface area contributed by atoms with Gasteiger partial charge in [-0.1, -0.05) is 54.6 Å². The summed E-state index contributed by atoms with van der Waals surface area (Å²) in [5, 5.41) is 10.8. The van der Waals surface area contributed by atoms with Crippen LogP contribution in [-0.4, -0.2) is 13.3 Å². The second-order valence-electron chi connectivity index (χ2n) is 6.07. The highest BCUT2D eigenvalue weighted by Gasteiger charge is 2.24. The van der Waals surface area contributed by atoms with Crippen LogP contribution in [-0.2, 0) is 10.0 Å². The van der Waals surface area contributed by atoms with Crippen molar-refractivity contribution in [1.82, 2.24) is 4.72 Å². The van der Waals surface area contributed by atoms with Crippen LogP contribution in [0.5, 0.6) is 0 Å². The Morgan fingerprint density at radius 1 is 0.889 bits per heavy atom. The molecule has 0 heterocycles. The molecule has 0 radical (unpaired) electrons. The van der Waals surface area contributed by atoms with Crippen LogP contribution in [0.4, 0.5) is 5.69 Å². The third-order valence-corrected chi connectivity index (χ3v) is 5.70. The fourth-order valence-corrected chi connectivity index (χ4v) is 4.04. The normalized spacial score (nSPS) is 12.5. The Bertz CT molecular complexity index is 1050. The predicted molar refractivity (Wildman–Crippen MR) is 103 cm³/mol. The lowest BCUT2D eigenvalue weighted by molar-refractivity contribution is -0.384. The first-order valence-electron chi connectivity index (χ1n) is 8.26. The Morgan fingerprint density at radius 3 is 2.07 bits per heavy atom. The second kappa shape index (κ2) is 7.69. The van der Waals surface area contributed by atoms with Gasteiger partial charge in [0, 0.05) is 12.1 Å². The third-order valence-electron chi connectivity index (χ3n) is 4.26. The molecule has 6 nitrogen and oxygen atoms in total. The van der Waals surface area contributed by atoms with E-state index in [4.69, 9.17) is 0 Å². The molecule has 1 unspecified atom stereocenters. The van der Waals surface area contributed by atoms with E-state index < -0.39 is 21.0 Å². The minimum absolute atomic E-state index is 0.0254. The molecule has 0 spiro atoms. The monoisotopic (exact) mass is 382 g/mol. The van der Waals surface area contributed by atoms with Crippen molar-refractivity contribution in [3.05, 3.63) is 106 Å². The van der Waals surface area contributed by atoms with Gasteiger partial charge in [-0.3, -0.25) is 10.1 Å². The number of nitrogens with one attached hydrogen (secondary N) is 1. The van der Waals surface area contributed by atoms with Gasteiger partial charge in [-0.2, -0.15) is 4.72 Å². The van der Waals surface area contributed by atoms with Crippen LogP contribution in [0.1, 0.15) is 22.7 Å². The lowest BCUT2D eigenvalue weighted by Gasteiger charge is -2.21. The number of hydrogen-bond acceptors (Lipinski definition) is 4. The Morgan fingerprint density at radius 2 is 1.48 bits per heavy atom. The lowest BCUT2D eigenvalue weighted by Crippen LogP contribution is -2.30. The number of hydrogen-bond donors (Lipinski definition) is 1. The Hall–Kier alpha value is -3.03. The number of aryl methyl sites for hydroxylation is 1. The summed E-state index contributed by atoms with van der Waals surface area (Å²) in [6, 6.07) is 21.1. The molecule has 3 rings (SSSR count). The average Bonchev–Trinajstić information content (AvgIpc) is 2.67. The molecule has 0 saturated carbocycles. The Labute approximate surface area is 157 Å². The molecule has 0 amide bonds. The first-order valence-corrected chi connectivity index (χ1v) is 9.74. The smallest absolute Gasteiger partial charge is 0.258 e. The summed E-state index contributed by atoms with van der Waals surface area (Å²) in [5.41, 5.74) is 2.44. The van der Waals surface area contributed by atoms with Crippen LogP contribution in [0.15, 0.2) is 83.8 Å². The molecule has 0 aromatic heterocycles. The molecule has 1 atom stereocenters. The number of nitro groups is 1. The van der Waals surface area contributed by atoms with Crippen LogP contribution < -0.4 is 4.72 Å². The van der Waals surface area contributed by atoms with Crippen molar-refractivity contribution < 1.29 is 13.3 Å². The van der Waals surface area contributed by atoms with Crippen molar-refractivity contribution in [2.75, 3.05) is 0 Å². The first kappa shape index (κ1) is 18.8. The Kier molecular flexibility index (Phi) is 5.34. The second-order valence-corrected chi connectivity index (χ2v) is 7.79. The van der Waals surface area contributed by atoms with Gasteiger partial charge in [0.15, 0.2) is 0 Å². The van der Waals surface area contributed by atoms with E-state index in [0.717, 1.165) is 16.7 Å². The molecule has 0 fully saturated rings. The fourth-order valence-electron chi connectivity index (χ4n) is 2.84. The van der Waals surface area contributed by atoms with E-state index in [0.29, 0.717) is 0 Å². The van der Waals surface area contributed by atoms with Gasteiger partial charge in [-0.25, -0.2) is 8.42 Å². The van der Waals surface area contributed by atoms with Crippen molar-refractivity contribution in [3.63, 3.8) is 0 Å². The van der Waals surface area contributed by atoms with Gasteiger partial charge < -0.3 is 0 Å². The summed E-state index contributed by atoms with van der Waals surface area (Å²) in [5.74, 6) is 0. The lowest BCUT2D eigenvalue weighted by atomic mass is 9.96. The highest BCUT2D eigenvalue weighted by Crippen LogP contribution is 2.27. The van der Waals surface area contributed by atoms with E-state index in [1.807, 2.05) is 61.5 Å². The Balaban J connectivity index is 2.01. The van der Waals surface area contributed by atoms with Crippen molar-refractivity contribution in [1.29, 1.82) is 0 Å². The molecule has 27 heavy (non-hydrogen) atoms. The number of non-ortho nitro benzene ring substituents is 1. The molecule has 3 aromatic carbocycles. The number of nitro benzene ring substituents is 1. The molecule has 138 valence electrons. The summed E-state index contributed by atoms with van der Waals surface area (Å²) in [6.07, 6.45) is 0. The molecule has 0 aliphatic rings. The minimum Gasteiger partial charge on any atom is -0.258 e. The molecule has 0 aliphatic carbocycles. The van der Waals surface area contributed by atoms with Gasteiger partial charge in [0.1, 0.15) is 0 Å². The van der Waals surface area contributed by atoms with Crippen LogP contribution in [0.25, 0.3) is 0 Å². The van der Waals surface area contributed by atoms with Crippen molar-refractivity contribution >= 4 is 15.7 Å². The summed E-state index contributed by atoms with van der Waals surface area (Å²) >= 11 is 0. The van der Waals surface area contributed by atoms with Gasteiger partial charge in [0.25, 0.3) is 5.69 Å². The van der Waals surface area contributed by atoms with Crippen molar-refractivity contribution in [3.8, 4) is 0 Å². The molecule has 3 aromatic rings. The van der Waals surface area contributed by atoms with Gasteiger partial charge in [-0.15, -0.1) is 0 Å². The quantitative estimate of drug-likeness (QED) is 0.516. The highest BCUT2D eigenvalue weighted by molar-refractivity contribution is 7.89. The number of benzene rings is 3. The van der Waals surface area contributed by atoms with Crippen LogP contribution in [0, 0.1) is 17.0 Å². The topological polar surface area (TPSA) is 89.3 Å². The van der Waals surface area contributed by atoms with Crippen molar-refractivity contribution in [2.45, 2.75) is 17.9 Å². The summed E-state index contributed by atoms with van der Waals surface area (Å²) < 4.78 is 28.5. The molecular formula is C20H18N2O4S. The zero-order valence-electron chi connectivity index (χ0n) is 14.6. The predicted octanol–water partition coefficient (Wildman–Crippen LogP) is 3.97. The maximum Gasteiger partial charge on any atom is 0.269 e. The molecule has 7 heteroatoms. The third kappa shape index (κ3) is 4.21. The van der Waals surface area contributed by atoms with Gasteiger partial charge >= 0.3 is 0 Å². The zero-order valence-corrected chi connectivity index (χ0v) is 15.4. The maximum atomic E-state index is 12.9. The van der Waals surface area contributed by atoms with E-state index in [9.17, 15) is 18.5 Å². The first-order chi connectivity index (χ1) is 12.9. The fraction of sp³-hybridized carbons (Fsp3) is 0.100. The van der Waals surface area contributed by atoms with Gasteiger partial charge in [-0.05, 0) is 35.7 Å². The number of rotatable bonds is 6. The molecule has 0 saturated heterocycles. The van der Waals surface area contributed by atoms with E-state index in [1.165, 1.54) is 24.3 Å². The molecular weight excluding hydrogens is 364 g/mol. The van der Waals surface area contributed by atoms with Crippen molar-refractivity contribution in [2.24, 2.45) is 0 Å². The van der Waals surface area contributed by atoms with Crippen LogP contribution in [0.3, 0.4) is 0 Å². The standard InChI is InChI=1S/C20H18N2O4S/c1-15-7-5-6-10-19(15)20(16-8-3-2-4-9-16)21-27(25,26)18-13-11-17(12-14-18)22(23)24/h2-14,20-21H,1H3. The largest absolute Gasteiger partial charge is 0.269 e. The number of nitrogens with zero attached hydrogens (tertiary/aromatic N) is 1. The van der Waals surface area contributed by atoms with E-state index in [-0.39, 0.29) is 10.6 Å². The molecule has 0 aliphatic heterocycles. The van der Waals surface area contributed by atoms with Gasteiger partial charge in [0.2, 0.25) is 10.0 Å². The van der Waals surface area contributed by atoms with Gasteiger partial charge in [0.05, 0.1) is 15.9 Å². The summed E-state index contributed by atoms with van der Waals surface area (Å²) in [7, 11) is -3.89. The average molecular weight is 382 g/mol.